The molecule has 1 fully saturated rings. The number of nitrogens with zero attached hydrogens (tertiary/aromatic N) is 2. The van der Waals surface area contributed by atoms with E-state index in [-0.39, 0.29) is 4.90 Å². The number of hydrogen-bond donors (Lipinski definition) is 2. The van der Waals surface area contributed by atoms with E-state index in [4.69, 9.17) is 5.14 Å². The molecule has 0 bridgehead atoms. The average Bonchev–Trinajstić information content (AvgIpc) is 2.88. The van der Waals surface area contributed by atoms with Crippen LogP contribution in [0.1, 0.15) is 30.9 Å². The highest BCUT2D eigenvalue weighted by molar-refractivity contribution is 7.99. The van der Waals surface area contributed by atoms with Crippen molar-refractivity contribution >= 4 is 33.2 Å². The molecule has 0 aliphatic carbocycles. The van der Waals surface area contributed by atoms with Crippen LogP contribution in [-0.4, -0.2) is 44.6 Å². The SMILES string of the molecule is NS(=O)(=O)c1ccc2c(c1)N(CCCN1CCC(C(O)c3ccccc3)CC1)c1ccccc1S2. The number of benzene rings is 3. The van der Waals surface area contributed by atoms with Crippen LogP contribution >= 0.6 is 11.8 Å². The highest BCUT2D eigenvalue weighted by Gasteiger charge is 2.27. The molecule has 6 nitrogen and oxygen atoms in total. The molecule has 0 spiro atoms. The number of fused-ring (bicyclic) bond motifs is 2. The van der Waals surface area contributed by atoms with Gasteiger partial charge in [-0.15, -0.1) is 0 Å². The van der Waals surface area contributed by atoms with Crippen molar-refractivity contribution in [3.05, 3.63) is 78.4 Å². The van der Waals surface area contributed by atoms with Gasteiger partial charge in [-0.25, -0.2) is 13.6 Å². The first kappa shape index (κ1) is 24.3. The zero-order valence-corrected chi connectivity index (χ0v) is 21.2. The van der Waals surface area contributed by atoms with Crippen LogP contribution in [0.25, 0.3) is 0 Å². The van der Waals surface area contributed by atoms with Crippen LogP contribution in [0.5, 0.6) is 0 Å². The number of anilines is 2. The average molecular weight is 510 g/mol. The predicted octanol–water partition coefficient (Wildman–Crippen LogP) is 4.77. The van der Waals surface area contributed by atoms with E-state index in [9.17, 15) is 13.5 Å². The standard InChI is InChI=1S/C27H31N3O3S2/c28-35(32,33)22-11-12-26-24(19-22)30(23-9-4-5-10-25(23)34-26)16-6-15-29-17-13-21(14-18-29)27(31)20-7-2-1-3-8-20/h1-5,7-12,19,21,27,31H,6,13-18H2,(H2,28,32,33). The Morgan fingerprint density at radius 3 is 2.34 bits per heavy atom. The third-order valence-electron chi connectivity index (χ3n) is 7.00. The first-order valence-electron chi connectivity index (χ1n) is 12.1. The Morgan fingerprint density at radius 2 is 1.60 bits per heavy atom. The summed E-state index contributed by atoms with van der Waals surface area (Å²) in [4.78, 5) is 7.04. The van der Waals surface area contributed by atoms with Crippen molar-refractivity contribution in [2.45, 2.75) is 40.1 Å². The maximum atomic E-state index is 12.0. The normalized spacial score (nSPS) is 17.6. The Morgan fingerprint density at radius 1 is 0.914 bits per heavy atom. The topological polar surface area (TPSA) is 86.9 Å². The van der Waals surface area contributed by atoms with Gasteiger partial charge in [-0.3, -0.25) is 0 Å². The van der Waals surface area contributed by atoms with Crippen molar-refractivity contribution in [2.75, 3.05) is 31.1 Å². The number of aliphatic hydroxyl groups is 1. The van der Waals surface area contributed by atoms with E-state index in [1.54, 1.807) is 23.9 Å². The number of primary sulfonamides is 1. The predicted molar refractivity (Wildman–Crippen MR) is 141 cm³/mol. The second-order valence-electron chi connectivity index (χ2n) is 9.28. The molecule has 1 unspecified atom stereocenters. The highest BCUT2D eigenvalue weighted by Crippen LogP contribution is 2.48. The number of likely N-dealkylation sites (tertiary alicyclic amines) is 1. The van der Waals surface area contributed by atoms with E-state index in [0.29, 0.717) is 5.92 Å². The van der Waals surface area contributed by atoms with Crippen LogP contribution in [-0.2, 0) is 10.0 Å². The molecule has 0 radical (unpaired) electrons. The number of para-hydroxylation sites is 1. The van der Waals surface area contributed by atoms with E-state index >= 15 is 0 Å². The van der Waals surface area contributed by atoms with Crippen LogP contribution in [0.4, 0.5) is 11.4 Å². The Labute approximate surface area is 211 Å². The molecule has 0 amide bonds. The summed E-state index contributed by atoms with van der Waals surface area (Å²) in [6.07, 6.45) is 2.52. The lowest BCUT2D eigenvalue weighted by Gasteiger charge is -2.36. The van der Waals surface area contributed by atoms with E-state index in [0.717, 1.165) is 67.3 Å². The first-order valence-corrected chi connectivity index (χ1v) is 14.4. The molecule has 3 N–H and O–H groups in total. The largest absolute Gasteiger partial charge is 0.388 e. The molecule has 3 aromatic carbocycles. The highest BCUT2D eigenvalue weighted by atomic mass is 32.2. The molecule has 2 heterocycles. The van der Waals surface area contributed by atoms with E-state index in [2.05, 4.69) is 21.9 Å². The molecule has 35 heavy (non-hydrogen) atoms. The molecular weight excluding hydrogens is 478 g/mol. The lowest BCUT2D eigenvalue weighted by Crippen LogP contribution is -2.37. The molecule has 0 saturated carbocycles. The molecule has 0 aromatic heterocycles. The van der Waals surface area contributed by atoms with Gasteiger partial charge in [0.15, 0.2) is 0 Å². The Bertz CT molecular complexity index is 1280. The lowest BCUT2D eigenvalue weighted by atomic mass is 9.87. The van der Waals surface area contributed by atoms with Crippen molar-refractivity contribution in [1.29, 1.82) is 0 Å². The smallest absolute Gasteiger partial charge is 0.238 e. The number of piperidine rings is 1. The van der Waals surface area contributed by atoms with E-state index < -0.39 is 16.1 Å². The maximum absolute atomic E-state index is 12.0. The minimum atomic E-state index is -3.77. The summed E-state index contributed by atoms with van der Waals surface area (Å²) in [6, 6.07) is 23.3. The number of rotatable bonds is 7. The van der Waals surface area contributed by atoms with Gasteiger partial charge in [-0.05, 0) is 80.7 Å². The quantitative estimate of drug-likeness (QED) is 0.477. The maximum Gasteiger partial charge on any atom is 0.238 e. The van der Waals surface area contributed by atoms with Gasteiger partial charge >= 0.3 is 0 Å². The summed E-state index contributed by atoms with van der Waals surface area (Å²) < 4.78 is 24.0. The number of hydrogen-bond acceptors (Lipinski definition) is 6. The fourth-order valence-corrected chi connectivity index (χ4v) is 6.70. The van der Waals surface area contributed by atoms with Crippen molar-refractivity contribution in [1.82, 2.24) is 4.90 Å². The molecule has 1 atom stereocenters. The van der Waals surface area contributed by atoms with Gasteiger partial charge in [0.1, 0.15) is 0 Å². The monoisotopic (exact) mass is 509 g/mol. The van der Waals surface area contributed by atoms with Gasteiger partial charge in [-0.2, -0.15) is 0 Å². The van der Waals surface area contributed by atoms with Gasteiger partial charge in [0, 0.05) is 16.3 Å². The summed E-state index contributed by atoms with van der Waals surface area (Å²) in [5.41, 5.74) is 3.00. The van der Waals surface area contributed by atoms with Gasteiger partial charge < -0.3 is 14.9 Å². The lowest BCUT2D eigenvalue weighted by molar-refractivity contribution is 0.0588. The van der Waals surface area contributed by atoms with Crippen LogP contribution in [0, 0.1) is 5.92 Å². The number of nitrogens with two attached hydrogens (primary N) is 1. The third kappa shape index (κ3) is 5.42. The van der Waals surface area contributed by atoms with Crippen LogP contribution < -0.4 is 10.0 Å². The number of sulfonamides is 1. The first-order chi connectivity index (χ1) is 16.9. The van der Waals surface area contributed by atoms with Gasteiger partial charge in [-0.1, -0.05) is 54.2 Å². The van der Waals surface area contributed by atoms with E-state index in [1.165, 1.54) is 4.90 Å². The zero-order valence-electron chi connectivity index (χ0n) is 19.6. The second kappa shape index (κ2) is 10.3. The molecule has 184 valence electrons. The molecule has 1 saturated heterocycles. The second-order valence-corrected chi connectivity index (χ2v) is 11.9. The molecule has 2 aliphatic rings. The van der Waals surface area contributed by atoms with Gasteiger partial charge in [0.25, 0.3) is 0 Å². The summed E-state index contributed by atoms with van der Waals surface area (Å²) in [5.74, 6) is 0.295. The Balaban J connectivity index is 1.23. The zero-order chi connectivity index (χ0) is 24.4. The molecule has 2 aliphatic heterocycles. The van der Waals surface area contributed by atoms with Crippen LogP contribution in [0.3, 0.4) is 0 Å². The Kier molecular flexibility index (Phi) is 7.18. The van der Waals surface area contributed by atoms with E-state index in [1.807, 2.05) is 48.5 Å². The summed E-state index contributed by atoms with van der Waals surface area (Å²) in [6.45, 7) is 3.70. The summed E-state index contributed by atoms with van der Waals surface area (Å²) >= 11 is 1.66. The van der Waals surface area contributed by atoms with Gasteiger partial charge in [0.2, 0.25) is 10.0 Å². The minimum absolute atomic E-state index is 0.139. The minimum Gasteiger partial charge on any atom is -0.388 e. The third-order valence-corrected chi connectivity index (χ3v) is 9.04. The van der Waals surface area contributed by atoms with Crippen molar-refractivity contribution < 1.29 is 13.5 Å². The molecule has 5 rings (SSSR count). The van der Waals surface area contributed by atoms with Crippen molar-refractivity contribution in [3.8, 4) is 0 Å². The Hall–Kier alpha value is -2.36. The molecule has 3 aromatic rings. The fraction of sp³-hybridized carbons (Fsp3) is 0.333. The fourth-order valence-electron chi connectivity index (χ4n) is 5.09. The summed E-state index contributed by atoms with van der Waals surface area (Å²) in [5, 5.41) is 16.2. The van der Waals surface area contributed by atoms with Gasteiger partial charge in [0.05, 0.1) is 22.4 Å². The summed E-state index contributed by atoms with van der Waals surface area (Å²) in [7, 11) is -3.77. The molecule has 8 heteroatoms. The van der Waals surface area contributed by atoms with Crippen LogP contribution in [0.15, 0.2) is 87.5 Å². The molecular formula is C27H31N3O3S2. The number of aliphatic hydroxyl groups excluding tert-OH is 1. The van der Waals surface area contributed by atoms with Crippen molar-refractivity contribution in [3.63, 3.8) is 0 Å². The van der Waals surface area contributed by atoms with Crippen LogP contribution in [0.2, 0.25) is 0 Å². The van der Waals surface area contributed by atoms with Crippen molar-refractivity contribution in [2.24, 2.45) is 11.1 Å².